The molecule has 1 aliphatic carbocycles. The number of anilines is 1. The molecular weight excluding hydrogens is 374 g/mol. The molecule has 0 amide bonds. The fourth-order valence-corrected chi connectivity index (χ4v) is 5.33. The zero-order valence-corrected chi connectivity index (χ0v) is 19.4. The Kier molecular flexibility index (Phi) is 5.62. The highest BCUT2D eigenvalue weighted by Gasteiger charge is 2.36. The van der Waals surface area contributed by atoms with Gasteiger partial charge in [-0.3, -0.25) is 0 Å². The summed E-state index contributed by atoms with van der Waals surface area (Å²) in [7, 11) is 2.03. The molecule has 0 aliphatic heterocycles. The topological polar surface area (TPSA) is 12.0 Å². The first-order valence-electron chi connectivity index (χ1n) is 11.2. The van der Waals surface area contributed by atoms with Crippen LogP contribution < -0.4 is 5.32 Å². The molecule has 4 rings (SSSR count). The molecular formula is C30H33N. The molecule has 0 bridgehead atoms. The SMILES string of the molecule is C=C/C=C1\Cc2c(C(C)c3ccc(-c4ccccc4)c(NC)c3C)cccc2C1(C)C. The molecule has 1 nitrogen and oxygen atoms in total. The van der Waals surface area contributed by atoms with Crippen molar-refractivity contribution in [3.63, 3.8) is 0 Å². The van der Waals surface area contributed by atoms with Crippen LogP contribution in [0.5, 0.6) is 0 Å². The number of nitrogens with one attached hydrogen (secondary N) is 1. The van der Waals surface area contributed by atoms with Crippen molar-refractivity contribution < 1.29 is 0 Å². The lowest BCUT2D eigenvalue weighted by Gasteiger charge is -2.24. The van der Waals surface area contributed by atoms with Gasteiger partial charge in [0.2, 0.25) is 0 Å². The summed E-state index contributed by atoms with van der Waals surface area (Å²) >= 11 is 0. The highest BCUT2D eigenvalue weighted by atomic mass is 14.8. The van der Waals surface area contributed by atoms with E-state index in [1.54, 1.807) is 0 Å². The standard InChI is InChI=1S/C30H33N/c1-7-12-23-19-27-25(15-11-16-28(27)30(23,4)5)20(2)24-17-18-26(29(31-6)21(24)3)22-13-9-8-10-14-22/h7-18,20,31H,1,19H2,2-6H3/b23-12+. The van der Waals surface area contributed by atoms with Gasteiger partial charge in [0.05, 0.1) is 0 Å². The fourth-order valence-electron chi connectivity index (χ4n) is 5.33. The summed E-state index contributed by atoms with van der Waals surface area (Å²) in [5, 5.41) is 3.48. The van der Waals surface area contributed by atoms with E-state index in [1.807, 2.05) is 13.1 Å². The number of allylic oxidation sites excluding steroid dienone is 3. The Morgan fingerprint density at radius 3 is 2.39 bits per heavy atom. The molecule has 1 N–H and O–H groups in total. The van der Waals surface area contributed by atoms with Crippen molar-refractivity contribution in [2.24, 2.45) is 0 Å². The van der Waals surface area contributed by atoms with Crippen LogP contribution in [0.1, 0.15) is 54.5 Å². The molecule has 0 saturated heterocycles. The molecule has 1 heteroatoms. The van der Waals surface area contributed by atoms with E-state index in [1.165, 1.54) is 50.2 Å². The average Bonchev–Trinajstić information content (AvgIpc) is 3.04. The molecule has 3 aromatic carbocycles. The molecule has 1 unspecified atom stereocenters. The number of hydrogen-bond acceptors (Lipinski definition) is 1. The Hall–Kier alpha value is -3.06. The first-order chi connectivity index (χ1) is 14.9. The lowest BCUT2D eigenvalue weighted by Crippen LogP contribution is -2.15. The summed E-state index contributed by atoms with van der Waals surface area (Å²) < 4.78 is 0. The van der Waals surface area contributed by atoms with Crippen LogP contribution in [-0.4, -0.2) is 7.05 Å². The minimum atomic E-state index is 0.0571. The molecule has 0 fully saturated rings. The molecule has 0 radical (unpaired) electrons. The maximum absolute atomic E-state index is 3.94. The third-order valence-electron chi connectivity index (χ3n) is 7.15. The summed E-state index contributed by atoms with van der Waals surface area (Å²) in [5.41, 5.74) is 12.3. The second-order valence-electron chi connectivity index (χ2n) is 9.14. The van der Waals surface area contributed by atoms with Gasteiger partial charge in [-0.1, -0.05) is 106 Å². The summed E-state index contributed by atoms with van der Waals surface area (Å²) in [6, 6.07) is 22.1. The van der Waals surface area contributed by atoms with Gasteiger partial charge in [0.25, 0.3) is 0 Å². The molecule has 3 aromatic rings. The molecule has 1 aliphatic rings. The maximum atomic E-state index is 3.94. The molecule has 158 valence electrons. The van der Waals surface area contributed by atoms with Crippen LogP contribution in [0.2, 0.25) is 0 Å². The monoisotopic (exact) mass is 407 g/mol. The van der Waals surface area contributed by atoms with Crippen LogP contribution in [-0.2, 0) is 11.8 Å². The Morgan fingerprint density at radius 1 is 0.968 bits per heavy atom. The lowest BCUT2D eigenvalue weighted by molar-refractivity contribution is 0.644. The Labute approximate surface area is 187 Å². The van der Waals surface area contributed by atoms with Crippen molar-refractivity contribution in [1.29, 1.82) is 0 Å². The molecule has 31 heavy (non-hydrogen) atoms. The van der Waals surface area contributed by atoms with Crippen LogP contribution in [0.25, 0.3) is 11.1 Å². The van der Waals surface area contributed by atoms with E-state index >= 15 is 0 Å². The number of hydrogen-bond donors (Lipinski definition) is 1. The summed E-state index contributed by atoms with van der Waals surface area (Å²) in [6.07, 6.45) is 5.14. The Balaban J connectivity index is 1.81. The van der Waals surface area contributed by atoms with Gasteiger partial charge in [-0.2, -0.15) is 0 Å². The van der Waals surface area contributed by atoms with Crippen molar-refractivity contribution >= 4 is 5.69 Å². The van der Waals surface area contributed by atoms with Crippen molar-refractivity contribution in [2.45, 2.75) is 45.4 Å². The van der Waals surface area contributed by atoms with Crippen LogP contribution in [0.15, 0.2) is 85.0 Å². The Morgan fingerprint density at radius 2 is 1.71 bits per heavy atom. The zero-order chi connectivity index (χ0) is 22.2. The first-order valence-corrected chi connectivity index (χ1v) is 11.2. The second-order valence-corrected chi connectivity index (χ2v) is 9.14. The minimum Gasteiger partial charge on any atom is -0.387 e. The number of benzene rings is 3. The van der Waals surface area contributed by atoms with Gasteiger partial charge in [-0.25, -0.2) is 0 Å². The van der Waals surface area contributed by atoms with Gasteiger partial charge >= 0.3 is 0 Å². The third kappa shape index (κ3) is 3.53. The summed E-state index contributed by atoms with van der Waals surface area (Å²) in [4.78, 5) is 0. The average molecular weight is 408 g/mol. The number of rotatable bonds is 5. The van der Waals surface area contributed by atoms with Crippen LogP contribution in [0.3, 0.4) is 0 Å². The fraction of sp³-hybridized carbons (Fsp3) is 0.267. The summed E-state index contributed by atoms with van der Waals surface area (Å²) in [5.74, 6) is 0.325. The van der Waals surface area contributed by atoms with Crippen molar-refractivity contribution in [1.82, 2.24) is 0 Å². The van der Waals surface area contributed by atoms with Crippen LogP contribution >= 0.6 is 0 Å². The quantitative estimate of drug-likeness (QED) is 0.455. The van der Waals surface area contributed by atoms with Crippen molar-refractivity contribution in [2.75, 3.05) is 12.4 Å². The normalized spacial score (nSPS) is 16.7. The molecule has 0 aromatic heterocycles. The highest BCUT2D eigenvalue weighted by Crippen LogP contribution is 2.46. The Bertz CT molecular complexity index is 1150. The van der Waals surface area contributed by atoms with Crippen LogP contribution in [0.4, 0.5) is 5.69 Å². The van der Waals surface area contributed by atoms with E-state index < -0.39 is 0 Å². The van der Waals surface area contributed by atoms with E-state index in [4.69, 9.17) is 0 Å². The van der Waals surface area contributed by atoms with E-state index in [-0.39, 0.29) is 5.41 Å². The number of fused-ring (bicyclic) bond motifs is 1. The van der Waals surface area contributed by atoms with Gasteiger partial charge in [0.15, 0.2) is 0 Å². The van der Waals surface area contributed by atoms with E-state index in [0.29, 0.717) is 5.92 Å². The third-order valence-corrected chi connectivity index (χ3v) is 7.15. The zero-order valence-electron chi connectivity index (χ0n) is 19.4. The van der Waals surface area contributed by atoms with Crippen LogP contribution in [0, 0.1) is 6.92 Å². The predicted octanol–water partition coefficient (Wildman–Crippen LogP) is 7.80. The van der Waals surface area contributed by atoms with Gasteiger partial charge in [0, 0.05) is 29.6 Å². The molecule has 0 saturated carbocycles. The van der Waals surface area contributed by atoms with E-state index in [9.17, 15) is 0 Å². The molecule has 0 spiro atoms. The van der Waals surface area contributed by atoms with Gasteiger partial charge < -0.3 is 5.32 Å². The summed E-state index contributed by atoms with van der Waals surface area (Å²) in [6.45, 7) is 13.2. The van der Waals surface area contributed by atoms with Crippen molar-refractivity contribution in [3.8, 4) is 11.1 Å². The molecule has 1 atom stereocenters. The molecule has 0 heterocycles. The lowest BCUT2D eigenvalue weighted by atomic mass is 9.80. The predicted molar refractivity (Wildman–Crippen MR) is 135 cm³/mol. The van der Waals surface area contributed by atoms with E-state index in [0.717, 1.165) is 6.42 Å². The maximum Gasteiger partial charge on any atom is 0.0449 e. The minimum absolute atomic E-state index is 0.0571. The van der Waals surface area contributed by atoms with Gasteiger partial charge in [-0.15, -0.1) is 0 Å². The smallest absolute Gasteiger partial charge is 0.0449 e. The highest BCUT2D eigenvalue weighted by molar-refractivity contribution is 5.81. The second kappa shape index (κ2) is 8.23. The van der Waals surface area contributed by atoms with Gasteiger partial charge in [0.1, 0.15) is 0 Å². The van der Waals surface area contributed by atoms with Gasteiger partial charge in [-0.05, 0) is 46.7 Å². The first kappa shape index (κ1) is 21.2. The largest absolute Gasteiger partial charge is 0.387 e. The van der Waals surface area contributed by atoms with Crippen molar-refractivity contribution in [3.05, 3.63) is 113 Å². The van der Waals surface area contributed by atoms with E-state index in [2.05, 4.69) is 106 Å².